The zero-order valence-corrected chi connectivity index (χ0v) is 13.7. The number of nitrogens with zero attached hydrogens (tertiary/aromatic N) is 1. The van der Waals surface area contributed by atoms with Crippen molar-refractivity contribution in [3.63, 3.8) is 0 Å². The maximum absolute atomic E-state index is 12.3. The average Bonchev–Trinajstić information content (AvgIpc) is 2.88. The van der Waals surface area contributed by atoms with Crippen LogP contribution in [0.2, 0.25) is 0 Å². The van der Waals surface area contributed by atoms with Gasteiger partial charge in [-0.3, -0.25) is 9.59 Å². The molecule has 0 aliphatic carbocycles. The van der Waals surface area contributed by atoms with Crippen LogP contribution in [0.5, 0.6) is 11.5 Å². The molecule has 6 heteroatoms. The number of methoxy groups -OCH3 is 2. The minimum Gasteiger partial charge on any atom is -0.493 e. The minimum atomic E-state index is -0.966. The van der Waals surface area contributed by atoms with Crippen LogP contribution in [0.3, 0.4) is 0 Å². The average molecular weight is 321 g/mol. The van der Waals surface area contributed by atoms with E-state index in [0.29, 0.717) is 23.6 Å². The molecule has 0 saturated carbocycles. The van der Waals surface area contributed by atoms with Gasteiger partial charge in [0.05, 0.1) is 26.2 Å². The molecule has 1 amide bonds. The Morgan fingerprint density at radius 2 is 2.09 bits per heavy atom. The lowest BCUT2D eigenvalue weighted by Gasteiger charge is -2.29. The third-order valence-corrected chi connectivity index (χ3v) is 4.25. The first kappa shape index (κ1) is 17.1. The third kappa shape index (κ3) is 3.25. The number of ether oxygens (including phenoxy) is 2. The van der Waals surface area contributed by atoms with Gasteiger partial charge in [0.1, 0.15) is 0 Å². The van der Waals surface area contributed by atoms with Crippen LogP contribution in [0, 0.1) is 5.92 Å². The van der Waals surface area contributed by atoms with Crippen LogP contribution in [0.25, 0.3) is 0 Å². The lowest BCUT2D eigenvalue weighted by atomic mass is 9.92. The smallest absolute Gasteiger partial charge is 0.309 e. The third-order valence-electron chi connectivity index (χ3n) is 4.25. The summed E-state index contributed by atoms with van der Waals surface area (Å²) in [6.07, 6.45) is 1.79. The van der Waals surface area contributed by atoms with Crippen molar-refractivity contribution in [2.45, 2.75) is 32.2 Å². The Morgan fingerprint density at radius 1 is 1.35 bits per heavy atom. The number of aliphatic carboxylic acids is 1. The van der Waals surface area contributed by atoms with Crippen molar-refractivity contribution in [3.05, 3.63) is 23.8 Å². The maximum atomic E-state index is 12.3. The molecule has 1 aromatic rings. The van der Waals surface area contributed by atoms with E-state index in [-0.39, 0.29) is 12.3 Å². The Morgan fingerprint density at radius 3 is 2.65 bits per heavy atom. The van der Waals surface area contributed by atoms with Gasteiger partial charge in [0.2, 0.25) is 5.91 Å². The molecule has 1 saturated heterocycles. The number of carboxylic acids is 1. The molecule has 0 spiro atoms. The minimum absolute atomic E-state index is 0.0179. The summed E-state index contributed by atoms with van der Waals surface area (Å²) in [7, 11) is 3.05. The standard InChI is InChI=1S/C17H23NO5/c1-4-5-9-18-14(19)10-12(17(20)21)15(18)11-7-6-8-13(22-2)16(11)23-3/h6-8,12,15H,4-5,9-10H2,1-3H3,(H,20,21)/t12-,15-/m0/s1. The molecule has 6 nitrogen and oxygen atoms in total. The fourth-order valence-corrected chi connectivity index (χ4v) is 3.13. The highest BCUT2D eigenvalue weighted by atomic mass is 16.5. The van der Waals surface area contributed by atoms with Crippen LogP contribution >= 0.6 is 0 Å². The maximum Gasteiger partial charge on any atom is 0.309 e. The Labute approximate surface area is 136 Å². The number of likely N-dealkylation sites (tertiary alicyclic amines) is 1. The summed E-state index contributed by atoms with van der Waals surface area (Å²) in [5, 5.41) is 9.55. The molecule has 1 aliphatic heterocycles. The van der Waals surface area contributed by atoms with E-state index in [4.69, 9.17) is 9.47 Å². The Kier molecular flexibility index (Phi) is 5.47. The molecule has 1 aromatic carbocycles. The highest BCUT2D eigenvalue weighted by Gasteiger charge is 2.45. The van der Waals surface area contributed by atoms with Crippen LogP contribution in [-0.4, -0.2) is 42.6 Å². The fourth-order valence-electron chi connectivity index (χ4n) is 3.13. The van der Waals surface area contributed by atoms with Gasteiger partial charge in [-0.25, -0.2) is 0 Å². The van der Waals surface area contributed by atoms with E-state index in [2.05, 4.69) is 0 Å². The second kappa shape index (κ2) is 7.35. The van der Waals surface area contributed by atoms with E-state index >= 15 is 0 Å². The predicted molar refractivity (Wildman–Crippen MR) is 84.7 cm³/mol. The van der Waals surface area contributed by atoms with Crippen molar-refractivity contribution in [2.75, 3.05) is 20.8 Å². The van der Waals surface area contributed by atoms with Crippen molar-refractivity contribution < 1.29 is 24.2 Å². The van der Waals surface area contributed by atoms with Crippen LogP contribution < -0.4 is 9.47 Å². The van der Waals surface area contributed by atoms with Gasteiger partial charge in [0, 0.05) is 18.5 Å². The molecular weight excluding hydrogens is 298 g/mol. The van der Waals surface area contributed by atoms with Crippen molar-refractivity contribution in [1.29, 1.82) is 0 Å². The normalized spacial score (nSPS) is 20.7. The van der Waals surface area contributed by atoms with E-state index in [0.717, 1.165) is 12.8 Å². The zero-order valence-electron chi connectivity index (χ0n) is 13.7. The summed E-state index contributed by atoms with van der Waals surface area (Å²) in [5.74, 6) is -0.848. The first-order valence-electron chi connectivity index (χ1n) is 7.78. The second-order valence-corrected chi connectivity index (χ2v) is 5.62. The van der Waals surface area contributed by atoms with E-state index in [1.54, 1.807) is 23.1 Å². The summed E-state index contributed by atoms with van der Waals surface area (Å²) in [6, 6.07) is 4.82. The number of carbonyl (C=O) groups is 2. The van der Waals surface area contributed by atoms with Gasteiger partial charge in [-0.15, -0.1) is 0 Å². The summed E-state index contributed by atoms with van der Waals surface area (Å²) in [5.41, 5.74) is 0.682. The summed E-state index contributed by atoms with van der Waals surface area (Å²) >= 11 is 0. The number of carbonyl (C=O) groups excluding carboxylic acids is 1. The predicted octanol–water partition coefficient (Wildman–Crippen LogP) is 2.48. The Balaban J connectivity index is 2.50. The van der Waals surface area contributed by atoms with E-state index in [1.807, 2.05) is 6.92 Å². The summed E-state index contributed by atoms with van der Waals surface area (Å²) in [4.78, 5) is 25.6. The number of hydrogen-bond donors (Lipinski definition) is 1. The van der Waals surface area contributed by atoms with Crippen LogP contribution in [0.1, 0.15) is 37.8 Å². The Bertz CT molecular complexity index is 586. The highest BCUT2D eigenvalue weighted by molar-refractivity contribution is 5.87. The quantitative estimate of drug-likeness (QED) is 0.835. The van der Waals surface area contributed by atoms with E-state index in [9.17, 15) is 14.7 Å². The van der Waals surface area contributed by atoms with Crippen molar-refractivity contribution in [3.8, 4) is 11.5 Å². The molecule has 1 N–H and O–H groups in total. The van der Waals surface area contributed by atoms with Crippen molar-refractivity contribution in [2.24, 2.45) is 5.92 Å². The van der Waals surface area contributed by atoms with Gasteiger partial charge in [-0.1, -0.05) is 25.5 Å². The SMILES string of the molecule is CCCCN1C(=O)C[C@H](C(=O)O)[C@@H]1c1cccc(OC)c1OC. The molecule has 1 heterocycles. The number of benzene rings is 1. The number of para-hydroxylation sites is 1. The summed E-state index contributed by atoms with van der Waals surface area (Å²) < 4.78 is 10.7. The van der Waals surface area contributed by atoms with Gasteiger partial charge in [0.15, 0.2) is 11.5 Å². The fraction of sp³-hybridized carbons (Fsp3) is 0.529. The number of rotatable bonds is 7. The van der Waals surface area contributed by atoms with Gasteiger partial charge < -0.3 is 19.5 Å². The molecule has 0 unspecified atom stereocenters. The molecule has 0 radical (unpaired) electrons. The number of amides is 1. The lowest BCUT2D eigenvalue weighted by Crippen LogP contribution is -2.31. The van der Waals surface area contributed by atoms with E-state index in [1.165, 1.54) is 14.2 Å². The lowest BCUT2D eigenvalue weighted by molar-refractivity contribution is -0.142. The molecule has 1 fully saturated rings. The molecule has 0 bridgehead atoms. The molecule has 1 aliphatic rings. The largest absolute Gasteiger partial charge is 0.493 e. The van der Waals surface area contributed by atoms with Gasteiger partial charge >= 0.3 is 5.97 Å². The molecule has 126 valence electrons. The van der Waals surface area contributed by atoms with Gasteiger partial charge in [-0.05, 0) is 12.5 Å². The van der Waals surface area contributed by atoms with E-state index < -0.39 is 17.9 Å². The molecular formula is C17H23NO5. The first-order valence-corrected chi connectivity index (χ1v) is 7.78. The van der Waals surface area contributed by atoms with Crippen LogP contribution in [-0.2, 0) is 9.59 Å². The molecule has 2 atom stereocenters. The topological polar surface area (TPSA) is 76.1 Å². The number of unbranched alkanes of at least 4 members (excludes halogenated alkanes) is 1. The molecule has 0 aromatic heterocycles. The van der Waals surface area contributed by atoms with Crippen LogP contribution in [0.4, 0.5) is 0 Å². The van der Waals surface area contributed by atoms with Crippen LogP contribution in [0.15, 0.2) is 18.2 Å². The Hall–Kier alpha value is -2.24. The van der Waals surface area contributed by atoms with Crippen molar-refractivity contribution in [1.82, 2.24) is 4.90 Å². The highest BCUT2D eigenvalue weighted by Crippen LogP contribution is 2.45. The monoisotopic (exact) mass is 321 g/mol. The van der Waals surface area contributed by atoms with Gasteiger partial charge in [0.25, 0.3) is 0 Å². The molecule has 23 heavy (non-hydrogen) atoms. The first-order chi connectivity index (χ1) is 11.0. The zero-order chi connectivity index (χ0) is 17.0. The number of carboxylic acid groups (broad SMARTS) is 1. The van der Waals surface area contributed by atoms with Crippen molar-refractivity contribution >= 4 is 11.9 Å². The second-order valence-electron chi connectivity index (χ2n) is 5.62. The molecule has 2 rings (SSSR count). The van der Waals surface area contributed by atoms with Gasteiger partial charge in [-0.2, -0.15) is 0 Å². The summed E-state index contributed by atoms with van der Waals surface area (Å²) in [6.45, 7) is 2.58. The number of hydrogen-bond acceptors (Lipinski definition) is 4.